The second-order valence-corrected chi connectivity index (χ2v) is 14.9. The van der Waals surface area contributed by atoms with Crippen LogP contribution in [0.15, 0.2) is 60.8 Å². The molecule has 0 N–H and O–H groups in total. The van der Waals surface area contributed by atoms with Crippen molar-refractivity contribution in [3.8, 4) is 0 Å². The van der Waals surface area contributed by atoms with Crippen LogP contribution in [-0.4, -0.2) is 82.3 Å². The third kappa shape index (κ3) is 37.3. The lowest BCUT2D eigenvalue weighted by Crippen LogP contribution is -2.44. The van der Waals surface area contributed by atoms with E-state index in [2.05, 4.69) is 68.5 Å². The summed E-state index contributed by atoms with van der Waals surface area (Å²) in [5.74, 6) is -2.37. The fraction of sp³-hybridized carbons (Fsp3) is 0.711. The number of likely N-dealkylation sites (N-methyl/N-ethyl adjacent to an activating group) is 1. The summed E-state index contributed by atoms with van der Waals surface area (Å²) >= 11 is 0. The average Bonchev–Trinajstić information content (AvgIpc) is 3.12. The first kappa shape index (κ1) is 51.0. The molecule has 2 unspecified atom stereocenters. The van der Waals surface area contributed by atoms with Gasteiger partial charge in [0.2, 0.25) is 0 Å². The Balaban J connectivity index is 4.60. The maximum Gasteiger partial charge on any atom is 0.306 e. The Morgan fingerprint density at radius 2 is 1.06 bits per heavy atom. The minimum Gasteiger partial charge on any atom is -0.545 e. The Labute approximate surface area is 329 Å². The molecule has 9 nitrogen and oxygen atoms in total. The second-order valence-electron chi connectivity index (χ2n) is 14.9. The van der Waals surface area contributed by atoms with E-state index in [9.17, 15) is 19.5 Å². The van der Waals surface area contributed by atoms with E-state index < -0.39 is 24.3 Å². The van der Waals surface area contributed by atoms with Crippen molar-refractivity contribution >= 4 is 17.9 Å². The number of ether oxygens (including phenoxy) is 4. The summed E-state index contributed by atoms with van der Waals surface area (Å²) in [6.45, 7) is 4.53. The lowest BCUT2D eigenvalue weighted by atomic mass is 10.0. The topological polar surface area (TPSA) is 111 Å². The van der Waals surface area contributed by atoms with Crippen LogP contribution in [0.1, 0.15) is 149 Å². The number of hydrogen-bond acceptors (Lipinski definition) is 8. The molecule has 0 radical (unpaired) electrons. The number of nitrogens with zero attached hydrogens (tertiary/aromatic N) is 1. The first-order chi connectivity index (χ1) is 26.1. The Kier molecular flexibility index (Phi) is 34.9. The maximum atomic E-state index is 12.7. The zero-order chi connectivity index (χ0) is 40.0. The zero-order valence-electron chi connectivity index (χ0n) is 34.8. The molecule has 0 aliphatic heterocycles. The number of aliphatic carboxylic acids is 1. The molecule has 0 saturated carbocycles. The van der Waals surface area contributed by atoms with Gasteiger partial charge in [-0.2, -0.15) is 0 Å². The van der Waals surface area contributed by atoms with Gasteiger partial charge in [0.1, 0.15) is 13.2 Å². The lowest BCUT2D eigenvalue weighted by Gasteiger charge is -2.26. The van der Waals surface area contributed by atoms with E-state index in [-0.39, 0.29) is 38.6 Å². The van der Waals surface area contributed by atoms with Gasteiger partial charge >= 0.3 is 11.9 Å². The van der Waals surface area contributed by atoms with Crippen LogP contribution in [0.5, 0.6) is 0 Å². The molecule has 0 aliphatic carbocycles. The molecule has 0 spiro atoms. The van der Waals surface area contributed by atoms with E-state index >= 15 is 0 Å². The standard InChI is InChI=1S/C45H77NO8/c1-6-8-10-12-14-16-18-20-21-22-23-24-26-28-30-32-34-36-43(48)54-41(40-53-45(44(49)50)51-38-37-46(3,4)5)39-52-42(47)35-33-31-29-27-25-19-17-15-13-11-9-7-2/h8,10,14,16,20-21,23-24,28,30,41,45H,6-7,9,11-13,15,17-19,22,25-27,29,31-40H2,1-5H3/b10-8-,16-14-,21-20-,24-23-,30-28-. The van der Waals surface area contributed by atoms with Gasteiger partial charge in [-0.25, -0.2) is 0 Å². The molecule has 54 heavy (non-hydrogen) atoms. The molecular weight excluding hydrogens is 682 g/mol. The lowest BCUT2D eigenvalue weighted by molar-refractivity contribution is -0.870. The van der Waals surface area contributed by atoms with Crippen LogP contribution < -0.4 is 5.11 Å². The molecular formula is C45H77NO8. The first-order valence-corrected chi connectivity index (χ1v) is 20.9. The van der Waals surface area contributed by atoms with Gasteiger partial charge in [0.25, 0.3) is 0 Å². The summed E-state index contributed by atoms with van der Waals surface area (Å²) in [5, 5.41) is 11.7. The number of carboxylic acids is 1. The third-order valence-electron chi connectivity index (χ3n) is 8.53. The van der Waals surface area contributed by atoms with E-state index in [1.165, 1.54) is 57.8 Å². The molecule has 9 heteroatoms. The van der Waals surface area contributed by atoms with Gasteiger partial charge in [-0.3, -0.25) is 9.59 Å². The molecule has 0 bridgehead atoms. The highest BCUT2D eigenvalue weighted by atomic mass is 16.7. The Bertz CT molecular complexity index is 1070. The number of esters is 2. The van der Waals surface area contributed by atoms with Crippen molar-refractivity contribution in [2.24, 2.45) is 0 Å². The maximum absolute atomic E-state index is 12.7. The summed E-state index contributed by atoms with van der Waals surface area (Å²) < 4.78 is 22.4. The normalized spacial score (nSPS) is 13.6. The number of carboxylic acid groups (broad SMARTS) is 1. The highest BCUT2D eigenvalue weighted by Crippen LogP contribution is 2.13. The van der Waals surface area contributed by atoms with Crippen molar-refractivity contribution < 1.29 is 42.9 Å². The van der Waals surface area contributed by atoms with Crippen molar-refractivity contribution in [3.63, 3.8) is 0 Å². The van der Waals surface area contributed by atoms with Crippen LogP contribution in [0.2, 0.25) is 0 Å². The molecule has 310 valence electrons. The van der Waals surface area contributed by atoms with Crippen molar-refractivity contribution in [2.45, 2.75) is 161 Å². The number of carbonyl (C=O) groups is 3. The molecule has 0 saturated heterocycles. The van der Waals surface area contributed by atoms with E-state index in [1.807, 2.05) is 27.2 Å². The van der Waals surface area contributed by atoms with Crippen LogP contribution in [0.25, 0.3) is 0 Å². The highest BCUT2D eigenvalue weighted by molar-refractivity contribution is 5.70. The number of rotatable bonds is 37. The first-order valence-electron chi connectivity index (χ1n) is 20.9. The third-order valence-corrected chi connectivity index (χ3v) is 8.53. The van der Waals surface area contributed by atoms with E-state index in [1.54, 1.807) is 0 Å². The van der Waals surface area contributed by atoms with E-state index in [0.717, 1.165) is 51.4 Å². The van der Waals surface area contributed by atoms with Crippen LogP contribution in [0, 0.1) is 0 Å². The minimum atomic E-state index is -1.63. The van der Waals surface area contributed by atoms with Gasteiger partial charge in [0, 0.05) is 12.8 Å². The molecule has 0 aliphatic rings. The van der Waals surface area contributed by atoms with Gasteiger partial charge in [-0.05, 0) is 51.4 Å². The van der Waals surface area contributed by atoms with Crippen molar-refractivity contribution in [1.29, 1.82) is 0 Å². The van der Waals surface area contributed by atoms with E-state index in [0.29, 0.717) is 23.9 Å². The quantitative estimate of drug-likeness (QED) is 0.0203. The molecule has 0 aromatic carbocycles. The monoisotopic (exact) mass is 760 g/mol. The summed E-state index contributed by atoms with van der Waals surface area (Å²) in [6.07, 6.45) is 39.7. The van der Waals surface area contributed by atoms with Crippen molar-refractivity contribution in [1.82, 2.24) is 0 Å². The molecule has 0 aromatic rings. The Morgan fingerprint density at radius 3 is 1.56 bits per heavy atom. The summed E-state index contributed by atoms with van der Waals surface area (Å²) in [5.41, 5.74) is 0. The van der Waals surface area contributed by atoms with Crippen LogP contribution >= 0.6 is 0 Å². The van der Waals surface area contributed by atoms with Gasteiger partial charge in [0.05, 0.1) is 40.3 Å². The van der Waals surface area contributed by atoms with Crippen LogP contribution in [0.4, 0.5) is 0 Å². The highest BCUT2D eigenvalue weighted by Gasteiger charge is 2.21. The fourth-order valence-electron chi connectivity index (χ4n) is 5.27. The molecule has 0 rings (SSSR count). The molecule has 0 fully saturated rings. The van der Waals surface area contributed by atoms with Crippen molar-refractivity contribution in [3.05, 3.63) is 60.8 Å². The predicted molar refractivity (Wildman–Crippen MR) is 218 cm³/mol. The summed E-state index contributed by atoms with van der Waals surface area (Å²) in [7, 11) is 5.88. The zero-order valence-corrected chi connectivity index (χ0v) is 34.8. The number of allylic oxidation sites excluding steroid dienone is 10. The Morgan fingerprint density at radius 1 is 0.574 bits per heavy atom. The molecule has 2 atom stereocenters. The number of hydrogen-bond donors (Lipinski definition) is 0. The van der Waals surface area contributed by atoms with Crippen molar-refractivity contribution in [2.75, 3.05) is 47.5 Å². The smallest absolute Gasteiger partial charge is 0.306 e. The molecule has 0 amide bonds. The Hall–Kier alpha value is -3.01. The van der Waals surface area contributed by atoms with Gasteiger partial charge < -0.3 is 33.3 Å². The average molecular weight is 760 g/mol. The summed E-state index contributed by atoms with van der Waals surface area (Å²) in [6, 6.07) is 0. The van der Waals surface area contributed by atoms with Gasteiger partial charge in [0.15, 0.2) is 12.4 Å². The number of unbranched alkanes of at least 4 members (excludes halogenated alkanes) is 12. The van der Waals surface area contributed by atoms with Crippen LogP contribution in [0.3, 0.4) is 0 Å². The van der Waals surface area contributed by atoms with Gasteiger partial charge in [-0.15, -0.1) is 0 Å². The van der Waals surface area contributed by atoms with E-state index in [4.69, 9.17) is 18.9 Å². The fourth-order valence-corrected chi connectivity index (χ4v) is 5.27. The number of quaternary nitrogens is 1. The number of carbonyl (C=O) groups excluding carboxylic acids is 3. The molecule has 0 aromatic heterocycles. The largest absolute Gasteiger partial charge is 0.545 e. The van der Waals surface area contributed by atoms with Gasteiger partial charge in [-0.1, -0.05) is 145 Å². The predicted octanol–water partition coefficient (Wildman–Crippen LogP) is 9.27. The minimum absolute atomic E-state index is 0.135. The summed E-state index contributed by atoms with van der Waals surface area (Å²) in [4.78, 5) is 36.8. The molecule has 0 heterocycles. The van der Waals surface area contributed by atoms with Crippen LogP contribution in [-0.2, 0) is 33.3 Å². The SMILES string of the molecule is CC/C=C\C/C=C\C/C=C\C/C=C\C/C=C\CCCC(=O)OC(COC(=O)CCCCCCCCCCCCCC)COC(OCC[N+](C)(C)C)C(=O)[O-]. The second kappa shape index (κ2) is 36.9.